The summed E-state index contributed by atoms with van der Waals surface area (Å²) in [6, 6.07) is 0. The van der Waals surface area contributed by atoms with Gasteiger partial charge in [-0.15, -0.1) is 0 Å². The monoisotopic (exact) mass is 336 g/mol. The second-order valence-corrected chi connectivity index (χ2v) is 5.88. The first kappa shape index (κ1) is 22.1. The summed E-state index contributed by atoms with van der Waals surface area (Å²) in [5.74, 6) is -0.985. The van der Waals surface area contributed by atoms with E-state index in [2.05, 4.69) is 0 Å². The average Bonchev–Trinajstić information content (AvgIpc) is 2.44. The Labute approximate surface area is 143 Å². The highest BCUT2D eigenvalue weighted by Crippen LogP contribution is 2.08. The highest BCUT2D eigenvalue weighted by Gasteiger charge is 2.15. The van der Waals surface area contributed by atoms with Gasteiger partial charge in [0, 0.05) is 12.5 Å². The van der Waals surface area contributed by atoms with Crippen molar-refractivity contribution in [1.82, 2.24) is 0 Å². The number of aliphatic hydroxyl groups is 3. The predicted molar refractivity (Wildman–Crippen MR) is 95.5 cm³/mol. The van der Waals surface area contributed by atoms with Crippen molar-refractivity contribution in [3.63, 3.8) is 0 Å². The van der Waals surface area contributed by atoms with Gasteiger partial charge in [0.25, 0.3) is 0 Å². The standard InChI is InChI=1S/C19H28O5/c1-13(10-15(3)8-9-19(23)24)6-5-7-14(2)11-17(21)18(22)12-16(4)20/h5-11,16-18,20-22H,12H2,1-4H3,(H,23,24)/t16-,17-,18-/m1/s1. The molecule has 0 aliphatic carbocycles. The maximum absolute atomic E-state index is 10.4. The quantitative estimate of drug-likeness (QED) is 0.383. The zero-order valence-corrected chi connectivity index (χ0v) is 14.7. The first-order valence-electron chi connectivity index (χ1n) is 7.78. The molecule has 0 amide bonds. The third-order valence-electron chi connectivity index (χ3n) is 3.07. The summed E-state index contributed by atoms with van der Waals surface area (Å²) < 4.78 is 0. The zero-order valence-electron chi connectivity index (χ0n) is 14.7. The smallest absolute Gasteiger partial charge is 0.328 e. The Balaban J connectivity index is 4.74. The van der Waals surface area contributed by atoms with E-state index in [1.165, 1.54) is 12.2 Å². The fourth-order valence-electron chi connectivity index (χ4n) is 1.93. The molecule has 5 nitrogen and oxygen atoms in total. The van der Waals surface area contributed by atoms with Crippen molar-refractivity contribution in [2.75, 3.05) is 0 Å². The van der Waals surface area contributed by atoms with Crippen molar-refractivity contribution < 1.29 is 25.2 Å². The molecule has 5 heteroatoms. The molecule has 0 bridgehead atoms. The first-order valence-corrected chi connectivity index (χ1v) is 7.78. The van der Waals surface area contributed by atoms with Crippen LogP contribution in [0.4, 0.5) is 0 Å². The van der Waals surface area contributed by atoms with Crippen LogP contribution in [-0.4, -0.2) is 44.7 Å². The van der Waals surface area contributed by atoms with Gasteiger partial charge >= 0.3 is 5.97 Å². The van der Waals surface area contributed by atoms with Crippen LogP contribution >= 0.6 is 0 Å². The molecule has 0 fully saturated rings. The molecule has 0 rings (SSSR count). The predicted octanol–water partition coefficient (Wildman–Crippen LogP) is 2.51. The van der Waals surface area contributed by atoms with Crippen molar-refractivity contribution >= 4 is 5.97 Å². The van der Waals surface area contributed by atoms with E-state index in [1.54, 1.807) is 26.0 Å². The number of allylic oxidation sites excluding steroid dienone is 8. The summed E-state index contributed by atoms with van der Waals surface area (Å²) in [6.07, 6.45) is 8.85. The van der Waals surface area contributed by atoms with Crippen LogP contribution < -0.4 is 0 Å². The fraction of sp³-hybridized carbons (Fsp3) is 0.421. The van der Waals surface area contributed by atoms with Gasteiger partial charge in [0.05, 0.1) is 18.3 Å². The molecule has 0 saturated heterocycles. The minimum atomic E-state index is -1.03. The number of aliphatic hydroxyl groups excluding tert-OH is 3. The van der Waals surface area contributed by atoms with Crippen molar-refractivity contribution in [3.05, 3.63) is 59.3 Å². The van der Waals surface area contributed by atoms with Gasteiger partial charge in [-0.1, -0.05) is 53.2 Å². The van der Waals surface area contributed by atoms with Crippen LogP contribution in [0.1, 0.15) is 34.1 Å². The minimum Gasteiger partial charge on any atom is -0.478 e. The van der Waals surface area contributed by atoms with Crippen LogP contribution in [0, 0.1) is 0 Å². The highest BCUT2D eigenvalue weighted by molar-refractivity contribution is 5.80. The van der Waals surface area contributed by atoms with Crippen LogP contribution in [0.25, 0.3) is 0 Å². The molecule has 24 heavy (non-hydrogen) atoms. The van der Waals surface area contributed by atoms with Crippen molar-refractivity contribution in [3.8, 4) is 0 Å². The number of carboxylic acids is 1. The van der Waals surface area contributed by atoms with Crippen LogP contribution in [-0.2, 0) is 4.79 Å². The van der Waals surface area contributed by atoms with Gasteiger partial charge in [0.2, 0.25) is 0 Å². The summed E-state index contributed by atoms with van der Waals surface area (Å²) in [6.45, 7) is 7.06. The molecule has 0 radical (unpaired) electrons. The summed E-state index contributed by atoms with van der Waals surface area (Å²) in [7, 11) is 0. The van der Waals surface area contributed by atoms with Crippen LogP contribution in [0.5, 0.6) is 0 Å². The molecule has 0 unspecified atom stereocenters. The summed E-state index contributed by atoms with van der Waals surface area (Å²) >= 11 is 0. The number of hydrogen-bond donors (Lipinski definition) is 4. The molecule has 3 atom stereocenters. The Hall–Kier alpha value is -1.95. The summed E-state index contributed by atoms with van der Waals surface area (Å²) in [5.41, 5.74) is 2.55. The third-order valence-corrected chi connectivity index (χ3v) is 3.07. The summed E-state index contributed by atoms with van der Waals surface area (Å²) in [4.78, 5) is 10.4. The van der Waals surface area contributed by atoms with E-state index in [0.29, 0.717) is 0 Å². The molecule has 0 aromatic carbocycles. The van der Waals surface area contributed by atoms with Gasteiger partial charge in [-0.3, -0.25) is 0 Å². The number of carboxylic acid groups (broad SMARTS) is 1. The maximum Gasteiger partial charge on any atom is 0.328 e. The minimum absolute atomic E-state index is 0.113. The zero-order chi connectivity index (χ0) is 18.7. The van der Waals surface area contributed by atoms with Crippen molar-refractivity contribution in [1.29, 1.82) is 0 Å². The lowest BCUT2D eigenvalue weighted by Gasteiger charge is -2.16. The molecule has 0 aromatic heterocycles. The molecule has 0 aromatic rings. The molecule has 0 saturated carbocycles. The molecule has 0 aliphatic heterocycles. The molecule has 0 spiro atoms. The highest BCUT2D eigenvalue weighted by atomic mass is 16.4. The van der Waals surface area contributed by atoms with Gasteiger partial charge in [-0.05, 0) is 27.7 Å². The van der Waals surface area contributed by atoms with Gasteiger partial charge in [0.15, 0.2) is 0 Å². The fourth-order valence-corrected chi connectivity index (χ4v) is 1.93. The Morgan fingerprint density at radius 1 is 0.958 bits per heavy atom. The molecule has 134 valence electrons. The molecule has 0 aliphatic rings. The Morgan fingerprint density at radius 3 is 2.12 bits per heavy atom. The Kier molecular flexibility index (Phi) is 10.6. The van der Waals surface area contributed by atoms with Crippen LogP contribution in [0.15, 0.2) is 59.3 Å². The normalized spacial score (nSPS) is 18.2. The Morgan fingerprint density at radius 2 is 1.58 bits per heavy atom. The Bertz CT molecular complexity index is 550. The molecule has 0 heterocycles. The molecular weight excluding hydrogens is 308 g/mol. The largest absolute Gasteiger partial charge is 0.478 e. The van der Waals surface area contributed by atoms with Gasteiger partial charge in [-0.25, -0.2) is 4.79 Å². The van der Waals surface area contributed by atoms with Gasteiger partial charge in [0.1, 0.15) is 0 Å². The number of carbonyl (C=O) groups is 1. The van der Waals surface area contributed by atoms with E-state index in [-0.39, 0.29) is 6.42 Å². The number of aliphatic carboxylic acids is 1. The van der Waals surface area contributed by atoms with Gasteiger partial charge in [-0.2, -0.15) is 0 Å². The average molecular weight is 336 g/mol. The summed E-state index contributed by atoms with van der Waals surface area (Å²) in [5, 5.41) is 37.3. The van der Waals surface area contributed by atoms with Crippen LogP contribution in [0.2, 0.25) is 0 Å². The van der Waals surface area contributed by atoms with E-state index in [9.17, 15) is 20.1 Å². The number of hydrogen-bond acceptors (Lipinski definition) is 4. The van der Waals surface area contributed by atoms with E-state index >= 15 is 0 Å². The molecule has 4 N–H and O–H groups in total. The lowest BCUT2D eigenvalue weighted by atomic mass is 10.0. The van der Waals surface area contributed by atoms with Gasteiger partial charge < -0.3 is 20.4 Å². The van der Waals surface area contributed by atoms with E-state index in [4.69, 9.17) is 5.11 Å². The van der Waals surface area contributed by atoms with Crippen LogP contribution in [0.3, 0.4) is 0 Å². The lowest BCUT2D eigenvalue weighted by Crippen LogP contribution is -2.27. The van der Waals surface area contributed by atoms with E-state index in [0.717, 1.165) is 22.8 Å². The lowest BCUT2D eigenvalue weighted by molar-refractivity contribution is -0.131. The maximum atomic E-state index is 10.4. The first-order chi connectivity index (χ1) is 11.1. The molecular formula is C19H28O5. The number of rotatable bonds is 9. The topological polar surface area (TPSA) is 98.0 Å². The second-order valence-electron chi connectivity index (χ2n) is 5.88. The second kappa shape index (κ2) is 11.6. The SMILES string of the molecule is CC(=CC=CC(C)=C[C@@H](O)[C@H](O)C[C@@H](C)O)C=C(C)C=CC(=O)O. The third kappa shape index (κ3) is 11.6. The van der Waals surface area contributed by atoms with Crippen molar-refractivity contribution in [2.45, 2.75) is 52.4 Å². The van der Waals surface area contributed by atoms with Crippen molar-refractivity contribution in [2.24, 2.45) is 0 Å². The van der Waals surface area contributed by atoms with E-state index in [1.807, 2.05) is 26.0 Å². The van der Waals surface area contributed by atoms with E-state index < -0.39 is 24.3 Å².